The van der Waals surface area contributed by atoms with Crippen molar-refractivity contribution in [3.05, 3.63) is 54.1 Å². The fourth-order valence-electron chi connectivity index (χ4n) is 2.34. The molecular weight excluding hydrogens is 306 g/mol. The van der Waals surface area contributed by atoms with E-state index < -0.39 is 0 Å². The maximum Gasteiger partial charge on any atom is 0.168 e. The Balaban J connectivity index is 1.53. The highest BCUT2D eigenvalue weighted by Gasteiger charge is 2.07. The van der Waals surface area contributed by atoms with Gasteiger partial charge in [-0.15, -0.1) is 0 Å². The van der Waals surface area contributed by atoms with Crippen LogP contribution in [0.15, 0.2) is 53.7 Å². The van der Waals surface area contributed by atoms with Crippen molar-refractivity contribution in [2.75, 3.05) is 12.4 Å². The van der Waals surface area contributed by atoms with E-state index in [0.29, 0.717) is 13.0 Å². The predicted molar refractivity (Wildman–Crippen MR) is 92.7 cm³/mol. The normalized spacial score (nSPS) is 10.6. The molecule has 0 aliphatic heterocycles. The first kappa shape index (κ1) is 15.4. The van der Waals surface area contributed by atoms with Gasteiger partial charge >= 0.3 is 0 Å². The summed E-state index contributed by atoms with van der Waals surface area (Å²) in [6, 6.07) is 17.9. The molecule has 0 amide bonds. The van der Waals surface area contributed by atoms with Gasteiger partial charge in [-0.05, 0) is 29.8 Å². The zero-order chi connectivity index (χ0) is 16.1. The lowest BCUT2D eigenvalue weighted by Gasteiger charge is -2.06. The second-order valence-corrected chi connectivity index (χ2v) is 6.18. The minimum Gasteiger partial charge on any atom is -0.493 e. The molecule has 2 aromatic carbocycles. The number of aryl methyl sites for hydroxylation is 1. The van der Waals surface area contributed by atoms with Gasteiger partial charge in [-0.2, -0.15) is 5.26 Å². The zero-order valence-corrected chi connectivity index (χ0v) is 13.7. The van der Waals surface area contributed by atoms with Crippen LogP contribution >= 0.6 is 11.8 Å². The largest absolute Gasteiger partial charge is 0.493 e. The zero-order valence-electron chi connectivity index (χ0n) is 12.9. The molecule has 0 radical (unpaired) electrons. The van der Waals surface area contributed by atoms with Crippen molar-refractivity contribution in [3.63, 3.8) is 0 Å². The van der Waals surface area contributed by atoms with Crippen LogP contribution in [0.25, 0.3) is 11.0 Å². The molecule has 5 heteroatoms. The smallest absolute Gasteiger partial charge is 0.168 e. The fraction of sp³-hybridized carbons (Fsp3) is 0.222. The molecule has 0 saturated carbocycles. The molecule has 1 heterocycles. The van der Waals surface area contributed by atoms with E-state index in [1.807, 2.05) is 49.5 Å². The number of ether oxygens (including phenoxy) is 1. The van der Waals surface area contributed by atoms with Crippen LogP contribution in [0.2, 0.25) is 0 Å². The minimum atomic E-state index is 0.433. The van der Waals surface area contributed by atoms with E-state index in [1.165, 1.54) is 0 Å². The summed E-state index contributed by atoms with van der Waals surface area (Å²) in [5.74, 6) is 1.66. The molecule has 1 aromatic heterocycles. The second kappa shape index (κ2) is 7.21. The number of nitrogens with zero attached hydrogens (tertiary/aromatic N) is 3. The number of thioether (sulfide) groups is 1. The Morgan fingerprint density at radius 1 is 1.17 bits per heavy atom. The van der Waals surface area contributed by atoms with Gasteiger partial charge in [-0.25, -0.2) is 4.98 Å². The molecule has 0 aliphatic carbocycles. The van der Waals surface area contributed by atoms with Crippen LogP contribution in [-0.2, 0) is 13.5 Å². The Bertz CT molecular complexity index is 834. The number of fused-ring (bicyclic) bond motifs is 1. The summed E-state index contributed by atoms with van der Waals surface area (Å²) < 4.78 is 7.84. The third-order valence-corrected chi connectivity index (χ3v) is 4.53. The molecule has 0 N–H and O–H groups in total. The van der Waals surface area contributed by atoms with E-state index in [4.69, 9.17) is 10.00 Å². The number of nitriles is 1. The van der Waals surface area contributed by atoms with Crippen molar-refractivity contribution in [2.45, 2.75) is 11.6 Å². The number of imidazole rings is 1. The Kier molecular flexibility index (Phi) is 4.84. The summed E-state index contributed by atoms with van der Waals surface area (Å²) in [6.45, 7) is 0.617. The Hall–Kier alpha value is -2.45. The van der Waals surface area contributed by atoms with E-state index >= 15 is 0 Å². The fourth-order valence-corrected chi connectivity index (χ4v) is 3.14. The first-order chi connectivity index (χ1) is 11.3. The van der Waals surface area contributed by atoms with E-state index in [1.54, 1.807) is 11.8 Å². The average Bonchev–Trinajstić information content (AvgIpc) is 2.90. The quantitative estimate of drug-likeness (QED) is 0.511. The number of benzene rings is 2. The Morgan fingerprint density at radius 3 is 2.70 bits per heavy atom. The summed E-state index contributed by atoms with van der Waals surface area (Å²) in [5.41, 5.74) is 3.17. The van der Waals surface area contributed by atoms with Crippen LogP contribution in [-0.4, -0.2) is 21.9 Å². The number of hydrogen-bond acceptors (Lipinski definition) is 4. The Morgan fingerprint density at radius 2 is 1.96 bits per heavy atom. The third kappa shape index (κ3) is 3.66. The van der Waals surface area contributed by atoms with Crippen LogP contribution in [0.5, 0.6) is 5.75 Å². The topological polar surface area (TPSA) is 50.8 Å². The van der Waals surface area contributed by atoms with Crippen molar-refractivity contribution in [3.8, 4) is 11.8 Å². The van der Waals surface area contributed by atoms with Crippen molar-refractivity contribution in [1.82, 2.24) is 9.55 Å². The van der Waals surface area contributed by atoms with E-state index in [2.05, 4.69) is 21.7 Å². The van der Waals surface area contributed by atoms with E-state index in [0.717, 1.165) is 33.3 Å². The molecule has 0 unspecified atom stereocenters. The number of para-hydroxylation sites is 2. The lowest BCUT2D eigenvalue weighted by atomic mass is 10.2. The van der Waals surface area contributed by atoms with Gasteiger partial charge in [-0.3, -0.25) is 0 Å². The maximum atomic E-state index is 8.65. The highest BCUT2D eigenvalue weighted by molar-refractivity contribution is 7.99. The summed E-state index contributed by atoms with van der Waals surface area (Å²) in [6.07, 6.45) is 0.433. The van der Waals surface area contributed by atoms with Crippen LogP contribution < -0.4 is 4.74 Å². The SMILES string of the molecule is Cn1c(SCCOc2ccc(CC#N)cc2)nc2ccccc21. The van der Waals surface area contributed by atoms with Gasteiger partial charge in [-0.1, -0.05) is 36.0 Å². The van der Waals surface area contributed by atoms with Crippen molar-refractivity contribution >= 4 is 22.8 Å². The van der Waals surface area contributed by atoms with E-state index in [9.17, 15) is 0 Å². The summed E-state index contributed by atoms with van der Waals surface area (Å²) in [4.78, 5) is 4.63. The first-order valence-electron chi connectivity index (χ1n) is 7.41. The molecule has 0 atom stereocenters. The highest BCUT2D eigenvalue weighted by Crippen LogP contribution is 2.22. The van der Waals surface area contributed by atoms with Gasteiger partial charge in [0.15, 0.2) is 5.16 Å². The molecule has 23 heavy (non-hydrogen) atoms. The molecule has 0 spiro atoms. The summed E-state index contributed by atoms with van der Waals surface area (Å²) in [5, 5.41) is 9.65. The molecule has 0 bridgehead atoms. The Labute approximate surface area is 139 Å². The maximum absolute atomic E-state index is 8.65. The number of aromatic nitrogens is 2. The molecule has 116 valence electrons. The standard InChI is InChI=1S/C18H17N3OS/c1-21-17-5-3-2-4-16(17)20-18(21)23-13-12-22-15-8-6-14(7-9-15)10-11-19/h2-9H,10,12-13H2,1H3. The molecule has 3 aromatic rings. The lowest BCUT2D eigenvalue weighted by molar-refractivity contribution is 0.343. The lowest BCUT2D eigenvalue weighted by Crippen LogP contribution is -2.01. The van der Waals surface area contributed by atoms with Gasteiger partial charge < -0.3 is 9.30 Å². The van der Waals surface area contributed by atoms with Crippen molar-refractivity contribution in [2.24, 2.45) is 7.05 Å². The highest BCUT2D eigenvalue weighted by atomic mass is 32.2. The number of hydrogen-bond donors (Lipinski definition) is 0. The van der Waals surface area contributed by atoms with Gasteiger partial charge in [0.1, 0.15) is 5.75 Å². The van der Waals surface area contributed by atoms with Crippen LogP contribution in [0.1, 0.15) is 5.56 Å². The van der Waals surface area contributed by atoms with E-state index in [-0.39, 0.29) is 0 Å². The first-order valence-corrected chi connectivity index (χ1v) is 8.39. The van der Waals surface area contributed by atoms with Crippen LogP contribution in [0.4, 0.5) is 0 Å². The summed E-state index contributed by atoms with van der Waals surface area (Å²) in [7, 11) is 2.03. The summed E-state index contributed by atoms with van der Waals surface area (Å²) >= 11 is 1.69. The van der Waals surface area contributed by atoms with Gasteiger partial charge in [0.2, 0.25) is 0 Å². The molecule has 4 nitrogen and oxygen atoms in total. The predicted octanol–water partition coefficient (Wildman–Crippen LogP) is 3.81. The minimum absolute atomic E-state index is 0.433. The van der Waals surface area contributed by atoms with Crippen molar-refractivity contribution in [1.29, 1.82) is 5.26 Å². The molecule has 0 fully saturated rings. The molecule has 0 saturated heterocycles. The van der Waals surface area contributed by atoms with Crippen LogP contribution in [0, 0.1) is 11.3 Å². The number of rotatable bonds is 6. The molecule has 0 aliphatic rings. The molecular formula is C18H17N3OS. The van der Waals surface area contributed by atoms with Crippen LogP contribution in [0.3, 0.4) is 0 Å². The van der Waals surface area contributed by atoms with Gasteiger partial charge in [0, 0.05) is 12.8 Å². The average molecular weight is 323 g/mol. The van der Waals surface area contributed by atoms with Gasteiger partial charge in [0.25, 0.3) is 0 Å². The monoisotopic (exact) mass is 323 g/mol. The van der Waals surface area contributed by atoms with Gasteiger partial charge in [0.05, 0.1) is 30.1 Å². The third-order valence-electron chi connectivity index (χ3n) is 3.54. The molecule has 3 rings (SSSR count). The second-order valence-electron chi connectivity index (χ2n) is 5.12. The van der Waals surface area contributed by atoms with Crippen molar-refractivity contribution < 1.29 is 4.74 Å².